The maximum atomic E-state index is 12.0. The van der Waals surface area contributed by atoms with Crippen molar-refractivity contribution in [3.05, 3.63) is 29.3 Å². The fourth-order valence-corrected chi connectivity index (χ4v) is 2.43. The number of benzene rings is 1. The Kier molecular flexibility index (Phi) is 4.79. The van der Waals surface area contributed by atoms with Gasteiger partial charge in [-0.1, -0.05) is 12.1 Å². The van der Waals surface area contributed by atoms with Gasteiger partial charge in [0.1, 0.15) is 5.75 Å². The Hall–Kier alpha value is -1.67. The molecule has 116 valence electrons. The van der Waals surface area contributed by atoms with E-state index in [0.717, 1.165) is 0 Å². The molecule has 0 aliphatic carbocycles. The third-order valence-electron chi connectivity index (χ3n) is 3.76. The minimum absolute atomic E-state index is 0.0704. The molecule has 7 heteroatoms. The Bertz CT molecular complexity index is 522. The van der Waals surface area contributed by atoms with Gasteiger partial charge < -0.3 is 31.1 Å². The molecule has 1 aromatic carbocycles. The van der Waals surface area contributed by atoms with E-state index in [-0.39, 0.29) is 24.5 Å². The van der Waals surface area contributed by atoms with Crippen molar-refractivity contribution in [2.45, 2.75) is 31.2 Å². The molecular weight excluding hydrogens is 276 g/mol. The highest BCUT2D eigenvalue weighted by Gasteiger charge is 2.40. The minimum atomic E-state index is -1.08. The van der Waals surface area contributed by atoms with Gasteiger partial charge in [0.25, 0.3) is 5.91 Å². The lowest BCUT2D eigenvalue weighted by atomic mass is 10.1. The second-order valence-electron chi connectivity index (χ2n) is 5.22. The number of nitrogens with one attached hydrogen (secondary N) is 2. The molecule has 4 atom stereocenters. The Morgan fingerprint density at radius 2 is 1.95 bits per heavy atom. The first kappa shape index (κ1) is 15.7. The van der Waals surface area contributed by atoms with Gasteiger partial charge in [-0.3, -0.25) is 4.79 Å². The number of para-hydroxylation sites is 1. The van der Waals surface area contributed by atoms with Crippen LogP contribution in [0.5, 0.6) is 5.75 Å². The monoisotopic (exact) mass is 296 g/mol. The van der Waals surface area contributed by atoms with Gasteiger partial charge in [0, 0.05) is 6.54 Å². The number of amides is 1. The van der Waals surface area contributed by atoms with Gasteiger partial charge >= 0.3 is 0 Å². The van der Waals surface area contributed by atoms with Crippen LogP contribution in [0, 0.1) is 6.92 Å². The molecule has 21 heavy (non-hydrogen) atoms. The second-order valence-corrected chi connectivity index (χ2v) is 5.22. The molecule has 0 aromatic heterocycles. The lowest BCUT2D eigenvalue weighted by Crippen LogP contribution is -2.44. The summed E-state index contributed by atoms with van der Waals surface area (Å²) >= 11 is 0. The van der Waals surface area contributed by atoms with Crippen LogP contribution in [-0.4, -0.2) is 63.8 Å². The zero-order chi connectivity index (χ0) is 15.6. The number of aliphatic hydroxyl groups is 3. The highest BCUT2D eigenvalue weighted by atomic mass is 16.3. The second kappa shape index (κ2) is 6.40. The average Bonchev–Trinajstić information content (AvgIpc) is 2.75. The number of aliphatic hydroxyl groups excluding tert-OH is 3. The molecule has 7 nitrogen and oxygen atoms in total. The normalized spacial score (nSPS) is 28.6. The van der Waals surface area contributed by atoms with Crippen LogP contribution in [-0.2, 0) is 0 Å². The van der Waals surface area contributed by atoms with Gasteiger partial charge in [-0.2, -0.15) is 0 Å². The Morgan fingerprint density at radius 1 is 1.29 bits per heavy atom. The fraction of sp³-hybridized carbons (Fsp3) is 0.500. The largest absolute Gasteiger partial charge is 0.507 e. The summed E-state index contributed by atoms with van der Waals surface area (Å²) in [7, 11) is 0. The molecule has 0 radical (unpaired) electrons. The van der Waals surface area contributed by atoms with Crippen LogP contribution >= 0.6 is 0 Å². The smallest absolute Gasteiger partial charge is 0.255 e. The van der Waals surface area contributed by atoms with Crippen LogP contribution in [0.1, 0.15) is 15.9 Å². The van der Waals surface area contributed by atoms with Crippen LogP contribution in [0.25, 0.3) is 0 Å². The first-order valence-electron chi connectivity index (χ1n) is 6.75. The average molecular weight is 296 g/mol. The summed E-state index contributed by atoms with van der Waals surface area (Å²) in [6.45, 7) is 1.46. The molecule has 2 rings (SSSR count). The number of phenolic OH excluding ortho intramolecular Hbond substituents is 1. The summed E-state index contributed by atoms with van der Waals surface area (Å²) < 4.78 is 0. The molecule has 1 saturated heterocycles. The van der Waals surface area contributed by atoms with Gasteiger partial charge in [0.05, 0.1) is 36.5 Å². The van der Waals surface area contributed by atoms with Crippen molar-refractivity contribution in [2.75, 3.05) is 13.2 Å². The van der Waals surface area contributed by atoms with Crippen molar-refractivity contribution in [1.29, 1.82) is 0 Å². The minimum Gasteiger partial charge on any atom is -0.507 e. The van der Waals surface area contributed by atoms with E-state index in [2.05, 4.69) is 10.6 Å². The lowest BCUT2D eigenvalue weighted by Gasteiger charge is -2.17. The van der Waals surface area contributed by atoms with E-state index in [1.807, 2.05) is 0 Å². The Balaban J connectivity index is 1.97. The number of carbonyl (C=O) groups excluding carboxylic acids is 1. The summed E-state index contributed by atoms with van der Waals surface area (Å²) in [5.41, 5.74) is 0.749. The van der Waals surface area contributed by atoms with E-state index in [4.69, 9.17) is 5.11 Å². The number of phenols is 1. The number of aromatic hydroxyl groups is 1. The molecule has 1 aromatic rings. The van der Waals surface area contributed by atoms with Crippen molar-refractivity contribution in [3.63, 3.8) is 0 Å². The molecule has 1 aliphatic rings. The Morgan fingerprint density at radius 3 is 2.57 bits per heavy atom. The number of carbonyl (C=O) groups is 1. The highest BCUT2D eigenvalue weighted by molar-refractivity contribution is 5.97. The number of hydrogen-bond donors (Lipinski definition) is 6. The van der Waals surface area contributed by atoms with Gasteiger partial charge in [-0.15, -0.1) is 0 Å². The summed E-state index contributed by atoms with van der Waals surface area (Å²) in [6.07, 6.45) is -2.15. The number of rotatable bonds is 4. The van der Waals surface area contributed by atoms with Gasteiger partial charge in [-0.25, -0.2) is 0 Å². The molecular formula is C14H20N2O5. The molecule has 1 heterocycles. The third-order valence-corrected chi connectivity index (χ3v) is 3.76. The molecule has 0 unspecified atom stereocenters. The van der Waals surface area contributed by atoms with Crippen LogP contribution < -0.4 is 10.6 Å². The summed E-state index contributed by atoms with van der Waals surface area (Å²) in [4.78, 5) is 12.0. The van der Waals surface area contributed by atoms with Crippen molar-refractivity contribution >= 4 is 5.91 Å². The zero-order valence-corrected chi connectivity index (χ0v) is 11.7. The lowest BCUT2D eigenvalue weighted by molar-refractivity contribution is 0.0197. The van der Waals surface area contributed by atoms with Crippen LogP contribution in [0.2, 0.25) is 0 Å². The van der Waals surface area contributed by atoms with E-state index in [1.165, 1.54) is 6.07 Å². The molecule has 1 aliphatic heterocycles. The maximum absolute atomic E-state index is 12.0. The molecule has 6 N–H and O–H groups in total. The molecule has 1 amide bonds. The number of aryl methyl sites for hydroxylation is 1. The first-order valence-corrected chi connectivity index (χ1v) is 6.75. The third kappa shape index (κ3) is 3.16. The van der Waals surface area contributed by atoms with Crippen molar-refractivity contribution in [3.8, 4) is 5.75 Å². The van der Waals surface area contributed by atoms with Gasteiger partial charge in [0.15, 0.2) is 0 Å². The van der Waals surface area contributed by atoms with E-state index in [9.17, 15) is 20.1 Å². The highest BCUT2D eigenvalue weighted by Crippen LogP contribution is 2.21. The molecule has 0 spiro atoms. The summed E-state index contributed by atoms with van der Waals surface area (Å²) in [5.74, 6) is -0.546. The summed E-state index contributed by atoms with van der Waals surface area (Å²) in [6, 6.07) is 3.68. The standard InChI is InChI=1S/C14H20N2O5/c1-7-3-2-4-8(11(7)18)14(21)15-5-9-12(19)13(20)10(6-17)16-9/h2-4,9-10,12-13,16-20H,5-6H2,1H3,(H,15,21)/t9-,10-,12-,13-/m1/s1. The zero-order valence-electron chi connectivity index (χ0n) is 11.7. The number of hydrogen-bond acceptors (Lipinski definition) is 6. The topological polar surface area (TPSA) is 122 Å². The van der Waals surface area contributed by atoms with Crippen molar-refractivity contribution in [1.82, 2.24) is 10.6 Å². The Labute approximate surface area is 122 Å². The van der Waals surface area contributed by atoms with Crippen LogP contribution in [0.15, 0.2) is 18.2 Å². The first-order chi connectivity index (χ1) is 9.95. The van der Waals surface area contributed by atoms with E-state index in [1.54, 1.807) is 19.1 Å². The predicted octanol–water partition coefficient (Wildman–Crippen LogP) is -1.52. The van der Waals surface area contributed by atoms with Crippen LogP contribution in [0.4, 0.5) is 0 Å². The fourth-order valence-electron chi connectivity index (χ4n) is 2.43. The van der Waals surface area contributed by atoms with Gasteiger partial charge in [-0.05, 0) is 18.6 Å². The van der Waals surface area contributed by atoms with Gasteiger partial charge in [0.2, 0.25) is 0 Å². The quantitative estimate of drug-likeness (QED) is 0.401. The molecule has 0 saturated carbocycles. The maximum Gasteiger partial charge on any atom is 0.255 e. The van der Waals surface area contributed by atoms with E-state index < -0.39 is 30.2 Å². The molecule has 0 bridgehead atoms. The van der Waals surface area contributed by atoms with Crippen molar-refractivity contribution < 1.29 is 25.2 Å². The van der Waals surface area contributed by atoms with Crippen molar-refractivity contribution in [2.24, 2.45) is 0 Å². The van der Waals surface area contributed by atoms with Crippen LogP contribution in [0.3, 0.4) is 0 Å². The SMILES string of the molecule is Cc1cccc(C(=O)NC[C@H]2N[C@H](CO)[C@@H](O)[C@@H]2O)c1O. The van der Waals surface area contributed by atoms with E-state index in [0.29, 0.717) is 5.56 Å². The summed E-state index contributed by atoms with van der Waals surface area (Å²) in [5, 5.41) is 43.8. The molecule has 1 fully saturated rings. The predicted molar refractivity (Wildman–Crippen MR) is 75.0 cm³/mol. The van der Waals surface area contributed by atoms with E-state index >= 15 is 0 Å².